The summed E-state index contributed by atoms with van der Waals surface area (Å²) in [5, 5.41) is 36.9. The molecule has 0 saturated heterocycles. The molecule has 3 aromatic carbocycles. The Labute approximate surface area is 215 Å². The second-order valence-electron chi connectivity index (χ2n) is 6.88. The summed E-state index contributed by atoms with van der Waals surface area (Å²) in [4.78, 5) is 35.8. The Morgan fingerprint density at radius 3 is 2.29 bits per heavy atom. The third kappa shape index (κ3) is 6.52. The number of aromatic hydroxyl groups is 2. The fourth-order valence-electron chi connectivity index (χ4n) is 2.74. The molecule has 0 heterocycles. The van der Waals surface area contributed by atoms with Gasteiger partial charge in [-0.3, -0.25) is 19.7 Å². The SMILES string of the molecule is O=C(N/N=C/c1cc(Br)c(O)c(O)c1Br)/C(=C/c1ccc([N+](=O)[O-])cc1)NC(=O)c1ccccc1. The number of carbonyl (C=O) groups excluding carboxylic acids is 2. The zero-order valence-corrected chi connectivity index (χ0v) is 20.8. The summed E-state index contributed by atoms with van der Waals surface area (Å²) in [7, 11) is 0. The van der Waals surface area contributed by atoms with Crippen LogP contribution >= 0.6 is 31.9 Å². The lowest BCUT2D eigenvalue weighted by Crippen LogP contribution is -2.32. The second-order valence-corrected chi connectivity index (χ2v) is 8.53. The van der Waals surface area contributed by atoms with Crippen LogP contribution in [0.15, 0.2) is 80.4 Å². The van der Waals surface area contributed by atoms with Crippen molar-refractivity contribution in [2.45, 2.75) is 0 Å². The number of benzene rings is 3. The maximum atomic E-state index is 12.8. The number of hydrogen-bond acceptors (Lipinski definition) is 7. The van der Waals surface area contributed by atoms with Crippen molar-refractivity contribution in [1.29, 1.82) is 0 Å². The van der Waals surface area contributed by atoms with Crippen LogP contribution in [0.1, 0.15) is 21.5 Å². The molecular weight excluding hydrogens is 588 g/mol. The highest BCUT2D eigenvalue weighted by Gasteiger charge is 2.16. The van der Waals surface area contributed by atoms with Gasteiger partial charge in [-0.05, 0) is 73.8 Å². The van der Waals surface area contributed by atoms with Crippen LogP contribution in [-0.2, 0) is 4.79 Å². The lowest BCUT2D eigenvalue weighted by atomic mass is 10.1. The van der Waals surface area contributed by atoms with E-state index in [0.717, 1.165) is 0 Å². The maximum Gasteiger partial charge on any atom is 0.287 e. The van der Waals surface area contributed by atoms with Crippen molar-refractivity contribution >= 4 is 61.7 Å². The molecule has 0 bridgehead atoms. The van der Waals surface area contributed by atoms with E-state index in [1.165, 1.54) is 42.6 Å². The Kier molecular flexibility index (Phi) is 8.34. The van der Waals surface area contributed by atoms with Gasteiger partial charge in [-0.1, -0.05) is 18.2 Å². The van der Waals surface area contributed by atoms with Gasteiger partial charge < -0.3 is 15.5 Å². The average molecular weight is 604 g/mol. The molecular formula is C23H16Br2N4O6. The van der Waals surface area contributed by atoms with E-state index in [2.05, 4.69) is 47.7 Å². The average Bonchev–Trinajstić information content (AvgIpc) is 2.86. The van der Waals surface area contributed by atoms with Crippen molar-refractivity contribution < 1.29 is 24.7 Å². The van der Waals surface area contributed by atoms with Crippen molar-refractivity contribution in [3.05, 3.63) is 102 Å². The molecule has 178 valence electrons. The topological polar surface area (TPSA) is 154 Å². The van der Waals surface area contributed by atoms with Gasteiger partial charge in [0, 0.05) is 23.3 Å². The van der Waals surface area contributed by atoms with Crippen LogP contribution in [-0.4, -0.2) is 33.2 Å². The van der Waals surface area contributed by atoms with E-state index in [1.54, 1.807) is 30.3 Å². The molecule has 4 N–H and O–H groups in total. The normalized spacial score (nSPS) is 11.3. The Balaban J connectivity index is 1.86. The van der Waals surface area contributed by atoms with E-state index in [1.807, 2.05) is 0 Å². The van der Waals surface area contributed by atoms with Gasteiger partial charge in [0.05, 0.1) is 20.1 Å². The fourth-order valence-corrected chi connectivity index (χ4v) is 3.58. The minimum atomic E-state index is -0.776. The van der Waals surface area contributed by atoms with E-state index in [-0.39, 0.29) is 26.1 Å². The van der Waals surface area contributed by atoms with Crippen LogP contribution in [0.2, 0.25) is 0 Å². The first-order valence-corrected chi connectivity index (χ1v) is 11.3. The molecule has 0 aliphatic rings. The predicted octanol–water partition coefficient (Wildman–Crippen LogP) is 4.45. The third-order valence-corrected chi connectivity index (χ3v) is 5.95. The molecule has 0 aliphatic heterocycles. The fraction of sp³-hybridized carbons (Fsp3) is 0. The van der Waals surface area contributed by atoms with Crippen LogP contribution in [0, 0.1) is 10.1 Å². The lowest BCUT2D eigenvalue weighted by Gasteiger charge is -2.09. The summed E-state index contributed by atoms with van der Waals surface area (Å²) < 4.78 is 0.357. The minimum absolute atomic E-state index is 0.125. The molecule has 0 aliphatic carbocycles. The number of halogens is 2. The number of hydrogen-bond donors (Lipinski definition) is 4. The number of nitrogens with one attached hydrogen (secondary N) is 2. The maximum absolute atomic E-state index is 12.8. The predicted molar refractivity (Wildman–Crippen MR) is 136 cm³/mol. The zero-order chi connectivity index (χ0) is 25.5. The largest absolute Gasteiger partial charge is 0.503 e. The molecule has 0 saturated carbocycles. The summed E-state index contributed by atoms with van der Waals surface area (Å²) in [5.41, 5.74) is 3.06. The van der Waals surface area contributed by atoms with Gasteiger partial charge >= 0.3 is 0 Å². The van der Waals surface area contributed by atoms with Crippen LogP contribution < -0.4 is 10.7 Å². The molecule has 0 radical (unpaired) electrons. The van der Waals surface area contributed by atoms with Crippen molar-refractivity contribution in [1.82, 2.24) is 10.7 Å². The van der Waals surface area contributed by atoms with Gasteiger partial charge in [0.15, 0.2) is 11.5 Å². The van der Waals surface area contributed by atoms with Gasteiger partial charge in [0.25, 0.3) is 17.5 Å². The highest BCUT2D eigenvalue weighted by atomic mass is 79.9. The van der Waals surface area contributed by atoms with E-state index >= 15 is 0 Å². The zero-order valence-electron chi connectivity index (χ0n) is 17.6. The standard InChI is InChI=1S/C23H16Br2N4O6/c24-17-11-15(19(25)21(31)20(17)30)12-26-28-23(33)18(27-22(32)14-4-2-1-3-5-14)10-13-6-8-16(9-7-13)29(34)35/h1-12,30-31H,(H,27,32)(H,28,33)/b18-10-,26-12+. The lowest BCUT2D eigenvalue weighted by molar-refractivity contribution is -0.384. The van der Waals surface area contributed by atoms with Crippen molar-refractivity contribution in [3.8, 4) is 11.5 Å². The Morgan fingerprint density at radius 1 is 1.00 bits per heavy atom. The van der Waals surface area contributed by atoms with Gasteiger partial charge in [-0.15, -0.1) is 0 Å². The number of rotatable bonds is 7. The molecule has 12 heteroatoms. The molecule has 0 aromatic heterocycles. The number of carbonyl (C=O) groups is 2. The molecule has 0 spiro atoms. The van der Waals surface area contributed by atoms with E-state index in [4.69, 9.17) is 0 Å². The van der Waals surface area contributed by atoms with Crippen LogP contribution in [0.4, 0.5) is 5.69 Å². The number of phenols is 2. The number of nitro groups is 1. The molecule has 35 heavy (non-hydrogen) atoms. The molecule has 3 rings (SSSR count). The van der Waals surface area contributed by atoms with Crippen molar-refractivity contribution in [3.63, 3.8) is 0 Å². The molecule has 0 fully saturated rings. The minimum Gasteiger partial charge on any atom is -0.503 e. The number of amides is 2. The highest BCUT2D eigenvalue weighted by Crippen LogP contribution is 2.40. The first-order valence-electron chi connectivity index (χ1n) is 9.73. The van der Waals surface area contributed by atoms with E-state index in [9.17, 15) is 29.9 Å². The first kappa shape index (κ1) is 25.6. The van der Waals surface area contributed by atoms with Gasteiger partial charge in [0.2, 0.25) is 0 Å². The summed E-state index contributed by atoms with van der Waals surface area (Å²) in [6.45, 7) is 0. The van der Waals surface area contributed by atoms with Gasteiger partial charge in [0.1, 0.15) is 5.70 Å². The van der Waals surface area contributed by atoms with Crippen molar-refractivity contribution in [2.75, 3.05) is 0 Å². The van der Waals surface area contributed by atoms with Crippen molar-refractivity contribution in [2.24, 2.45) is 5.10 Å². The molecule has 2 amide bonds. The Hall–Kier alpha value is -4.03. The third-order valence-electron chi connectivity index (χ3n) is 4.51. The van der Waals surface area contributed by atoms with Crippen LogP contribution in [0.3, 0.4) is 0 Å². The first-order chi connectivity index (χ1) is 16.7. The summed E-state index contributed by atoms with van der Waals surface area (Å²) in [6, 6.07) is 15.1. The number of nitro benzene ring substituents is 1. The second kappa shape index (κ2) is 11.4. The summed E-state index contributed by atoms with van der Waals surface area (Å²) in [5.74, 6) is -2.11. The molecule has 0 unspecified atom stereocenters. The van der Waals surface area contributed by atoms with E-state index < -0.39 is 22.5 Å². The Morgan fingerprint density at radius 2 is 1.66 bits per heavy atom. The van der Waals surface area contributed by atoms with Gasteiger partial charge in [-0.2, -0.15) is 5.10 Å². The molecule has 10 nitrogen and oxygen atoms in total. The number of phenolic OH excluding ortho intramolecular Hbond substituents is 2. The highest BCUT2D eigenvalue weighted by molar-refractivity contribution is 9.11. The Bertz CT molecular complexity index is 1340. The number of nitrogens with zero attached hydrogens (tertiary/aromatic N) is 2. The summed E-state index contributed by atoms with van der Waals surface area (Å²) >= 11 is 6.23. The molecule has 0 atom stereocenters. The molecule has 3 aromatic rings. The van der Waals surface area contributed by atoms with Crippen LogP contribution in [0.25, 0.3) is 6.08 Å². The number of hydrazone groups is 1. The smallest absolute Gasteiger partial charge is 0.287 e. The monoisotopic (exact) mass is 602 g/mol. The van der Waals surface area contributed by atoms with E-state index in [0.29, 0.717) is 16.7 Å². The van der Waals surface area contributed by atoms with Crippen LogP contribution in [0.5, 0.6) is 11.5 Å². The quantitative estimate of drug-likeness (QED) is 0.103. The summed E-state index contributed by atoms with van der Waals surface area (Å²) in [6.07, 6.45) is 2.56. The number of non-ortho nitro benzene ring substituents is 1. The van der Waals surface area contributed by atoms with Gasteiger partial charge in [-0.25, -0.2) is 5.43 Å².